The molecule has 0 spiro atoms. The summed E-state index contributed by atoms with van der Waals surface area (Å²) in [6.45, 7) is 5.30. The Morgan fingerprint density at radius 2 is 1.92 bits per heavy atom. The molecule has 3 aromatic rings. The van der Waals surface area contributed by atoms with Crippen molar-refractivity contribution < 1.29 is 29.0 Å². The van der Waals surface area contributed by atoms with Crippen molar-refractivity contribution >= 4 is 23.4 Å². The lowest BCUT2D eigenvalue weighted by Gasteiger charge is -2.26. The van der Waals surface area contributed by atoms with Gasteiger partial charge in [0.2, 0.25) is 0 Å². The number of methoxy groups -OCH3 is 1. The minimum atomic E-state index is -0.930. The van der Waals surface area contributed by atoms with Gasteiger partial charge in [0, 0.05) is 35.8 Å². The van der Waals surface area contributed by atoms with Gasteiger partial charge < -0.3 is 24.5 Å². The van der Waals surface area contributed by atoms with Crippen LogP contribution in [0.1, 0.15) is 51.4 Å². The molecule has 1 aromatic carbocycles. The van der Waals surface area contributed by atoms with Crippen molar-refractivity contribution in [2.45, 2.75) is 33.4 Å². The average Bonchev–Trinajstić information content (AvgIpc) is 3.31. The number of Topliss-reactive ketones (excluding diaryl/α,β-unsaturated/α-hetero) is 1. The number of ether oxygens (including phenoxy) is 2. The summed E-state index contributed by atoms with van der Waals surface area (Å²) < 4.78 is 10.6. The van der Waals surface area contributed by atoms with E-state index >= 15 is 0 Å². The van der Waals surface area contributed by atoms with Gasteiger partial charge in [-0.05, 0) is 44.0 Å². The average molecular weight is 490 g/mol. The Balaban J connectivity index is 1.93. The van der Waals surface area contributed by atoms with Crippen molar-refractivity contribution in [3.8, 4) is 5.75 Å². The molecule has 0 radical (unpaired) electrons. The molecule has 0 unspecified atom stereocenters. The van der Waals surface area contributed by atoms with Gasteiger partial charge >= 0.3 is 5.97 Å². The molecule has 0 bridgehead atoms. The number of aryl methyl sites for hydroxylation is 1. The van der Waals surface area contributed by atoms with Crippen LogP contribution in [-0.4, -0.2) is 51.4 Å². The van der Waals surface area contributed by atoms with Gasteiger partial charge in [-0.1, -0.05) is 24.3 Å². The van der Waals surface area contributed by atoms with Crippen molar-refractivity contribution in [1.29, 1.82) is 0 Å². The number of hydrogen-bond donors (Lipinski definition) is 2. The van der Waals surface area contributed by atoms with E-state index in [1.165, 1.54) is 12.0 Å². The lowest BCUT2D eigenvalue weighted by molar-refractivity contribution is -0.140. The molecule has 1 fully saturated rings. The molecule has 9 heteroatoms. The van der Waals surface area contributed by atoms with Gasteiger partial charge in [-0.2, -0.15) is 0 Å². The van der Waals surface area contributed by atoms with E-state index in [4.69, 9.17) is 9.47 Å². The van der Waals surface area contributed by atoms with Crippen LogP contribution in [0.15, 0.2) is 54.4 Å². The molecular formula is C27H27N3O6. The maximum absolute atomic E-state index is 13.4. The molecule has 1 aliphatic heterocycles. The lowest BCUT2D eigenvalue weighted by atomic mass is 9.93. The molecule has 4 rings (SSSR count). The topological polar surface area (TPSA) is 122 Å². The Bertz CT molecular complexity index is 1360. The van der Waals surface area contributed by atoms with E-state index in [0.717, 1.165) is 5.56 Å². The summed E-state index contributed by atoms with van der Waals surface area (Å²) in [5.41, 5.74) is 2.51. The third kappa shape index (κ3) is 4.24. The number of aromatic nitrogens is 2. The van der Waals surface area contributed by atoms with Gasteiger partial charge in [0.25, 0.3) is 11.7 Å². The molecule has 36 heavy (non-hydrogen) atoms. The van der Waals surface area contributed by atoms with E-state index in [2.05, 4.69) is 9.97 Å². The molecule has 9 nitrogen and oxygen atoms in total. The quantitative estimate of drug-likeness (QED) is 0.224. The van der Waals surface area contributed by atoms with E-state index in [-0.39, 0.29) is 35.7 Å². The zero-order valence-corrected chi connectivity index (χ0v) is 20.5. The van der Waals surface area contributed by atoms with Gasteiger partial charge in [-0.3, -0.25) is 14.6 Å². The van der Waals surface area contributed by atoms with Crippen LogP contribution in [-0.2, 0) is 20.9 Å². The Morgan fingerprint density at radius 3 is 2.58 bits per heavy atom. The smallest absolute Gasteiger partial charge is 0.355 e. The number of H-pyrrole nitrogens is 1. The van der Waals surface area contributed by atoms with Crippen LogP contribution in [0.5, 0.6) is 5.75 Å². The predicted octanol–water partition coefficient (Wildman–Crippen LogP) is 3.83. The molecule has 2 N–H and O–H groups in total. The minimum absolute atomic E-state index is 0.0889. The highest BCUT2D eigenvalue weighted by atomic mass is 16.5. The van der Waals surface area contributed by atoms with Crippen molar-refractivity contribution in [1.82, 2.24) is 14.9 Å². The van der Waals surface area contributed by atoms with Gasteiger partial charge in [0.1, 0.15) is 17.2 Å². The maximum atomic E-state index is 13.4. The highest BCUT2D eigenvalue weighted by Crippen LogP contribution is 2.44. The first-order valence-corrected chi connectivity index (χ1v) is 11.5. The predicted molar refractivity (Wildman–Crippen MR) is 131 cm³/mol. The fourth-order valence-corrected chi connectivity index (χ4v) is 4.59. The molecule has 0 saturated carbocycles. The van der Waals surface area contributed by atoms with Gasteiger partial charge in [0.15, 0.2) is 0 Å². The number of amides is 1. The van der Waals surface area contributed by atoms with E-state index in [9.17, 15) is 19.5 Å². The highest BCUT2D eigenvalue weighted by Gasteiger charge is 2.47. The normalized spacial score (nSPS) is 16.9. The largest absolute Gasteiger partial charge is 0.507 e. The second-order valence-electron chi connectivity index (χ2n) is 8.38. The number of aliphatic hydroxyl groups excluding tert-OH is 1. The number of para-hydroxylation sites is 1. The summed E-state index contributed by atoms with van der Waals surface area (Å²) in [5, 5.41) is 11.5. The maximum Gasteiger partial charge on any atom is 0.355 e. The summed E-state index contributed by atoms with van der Waals surface area (Å²) in [6, 6.07) is 9.65. The molecule has 1 aliphatic rings. The second-order valence-corrected chi connectivity index (χ2v) is 8.38. The number of nitrogens with zero attached hydrogens (tertiary/aromatic N) is 2. The first-order chi connectivity index (χ1) is 17.3. The standard InChI is InChI=1S/C27H27N3O6/c1-5-36-27(34)22-15(2)20(16(3)29-22)24(31)21-23(18-10-6-7-11-19(18)35-4)30(26(33)25(21)32)14-17-9-8-12-28-13-17/h6-13,23,29,31H,5,14H2,1-4H3/b24-21+/t23-/m1/s1. The van der Waals surface area contributed by atoms with Gasteiger partial charge in [0.05, 0.1) is 25.3 Å². The fourth-order valence-electron chi connectivity index (χ4n) is 4.59. The Kier molecular flexibility index (Phi) is 6.91. The third-order valence-corrected chi connectivity index (χ3v) is 6.20. The number of aliphatic hydroxyl groups is 1. The number of nitrogens with one attached hydrogen (secondary N) is 1. The minimum Gasteiger partial charge on any atom is -0.507 e. The fraction of sp³-hybridized carbons (Fsp3) is 0.259. The number of rotatable bonds is 7. The molecule has 1 saturated heterocycles. The number of pyridine rings is 1. The number of hydrogen-bond acceptors (Lipinski definition) is 7. The third-order valence-electron chi connectivity index (χ3n) is 6.20. The first kappa shape index (κ1) is 24.7. The van der Waals surface area contributed by atoms with Crippen molar-refractivity contribution in [3.05, 3.63) is 88.0 Å². The number of likely N-dealkylation sites (tertiary alicyclic amines) is 1. The number of ketones is 1. The molecule has 186 valence electrons. The van der Waals surface area contributed by atoms with Crippen LogP contribution >= 0.6 is 0 Å². The monoisotopic (exact) mass is 489 g/mol. The molecule has 3 heterocycles. The summed E-state index contributed by atoms with van der Waals surface area (Å²) in [6.07, 6.45) is 3.23. The summed E-state index contributed by atoms with van der Waals surface area (Å²) in [4.78, 5) is 47.6. The number of aromatic amines is 1. The Hall–Kier alpha value is -4.40. The molecule has 0 aliphatic carbocycles. The van der Waals surface area contributed by atoms with Crippen LogP contribution in [0, 0.1) is 13.8 Å². The van der Waals surface area contributed by atoms with Crippen molar-refractivity contribution in [2.24, 2.45) is 0 Å². The molecule has 2 aromatic heterocycles. The van der Waals surface area contributed by atoms with Crippen molar-refractivity contribution in [3.63, 3.8) is 0 Å². The van der Waals surface area contributed by atoms with Gasteiger partial charge in [-0.25, -0.2) is 4.79 Å². The number of carbonyl (C=O) groups excluding carboxylic acids is 3. The second kappa shape index (κ2) is 10.1. The molecule has 1 atom stereocenters. The van der Waals surface area contributed by atoms with Crippen LogP contribution < -0.4 is 4.74 Å². The van der Waals surface area contributed by atoms with E-state index < -0.39 is 23.7 Å². The summed E-state index contributed by atoms with van der Waals surface area (Å²) in [5.74, 6) is -2.07. The summed E-state index contributed by atoms with van der Waals surface area (Å²) in [7, 11) is 1.50. The molecular weight excluding hydrogens is 462 g/mol. The lowest BCUT2D eigenvalue weighted by Crippen LogP contribution is -2.29. The zero-order valence-electron chi connectivity index (χ0n) is 20.5. The first-order valence-electron chi connectivity index (χ1n) is 11.5. The number of esters is 1. The van der Waals surface area contributed by atoms with E-state index in [0.29, 0.717) is 22.6 Å². The van der Waals surface area contributed by atoms with Crippen LogP contribution in [0.4, 0.5) is 0 Å². The van der Waals surface area contributed by atoms with Crippen LogP contribution in [0.3, 0.4) is 0 Å². The zero-order chi connectivity index (χ0) is 26.0. The van der Waals surface area contributed by atoms with E-state index in [1.54, 1.807) is 69.6 Å². The Morgan fingerprint density at radius 1 is 1.17 bits per heavy atom. The highest BCUT2D eigenvalue weighted by molar-refractivity contribution is 6.46. The summed E-state index contributed by atoms with van der Waals surface area (Å²) >= 11 is 0. The van der Waals surface area contributed by atoms with Crippen LogP contribution in [0.25, 0.3) is 5.76 Å². The van der Waals surface area contributed by atoms with E-state index in [1.807, 2.05) is 0 Å². The SMILES string of the molecule is CCOC(=O)c1[nH]c(C)c(/C(O)=C2\C(=O)C(=O)N(Cc3cccnc3)[C@@H]2c2ccccc2OC)c1C. The van der Waals surface area contributed by atoms with Crippen molar-refractivity contribution in [2.75, 3.05) is 13.7 Å². The Labute approximate surface area is 208 Å². The number of benzene rings is 1. The molecule has 1 amide bonds. The van der Waals surface area contributed by atoms with Crippen LogP contribution in [0.2, 0.25) is 0 Å². The number of carbonyl (C=O) groups is 3. The van der Waals surface area contributed by atoms with Gasteiger partial charge in [-0.15, -0.1) is 0 Å².